The number of nitrogens with zero attached hydrogens (tertiary/aromatic N) is 4. The summed E-state index contributed by atoms with van der Waals surface area (Å²) < 4.78 is 27.3. The minimum Gasteiger partial charge on any atom is -0.497 e. The average Bonchev–Trinajstić information content (AvgIpc) is 3.43. The van der Waals surface area contributed by atoms with Crippen LogP contribution in [0.3, 0.4) is 0 Å². The minimum atomic E-state index is -0.391. The van der Waals surface area contributed by atoms with Crippen molar-refractivity contribution in [2.75, 3.05) is 65.2 Å². The number of hydrogen-bond donors (Lipinski definition) is 0. The zero-order valence-corrected chi connectivity index (χ0v) is 22.3. The van der Waals surface area contributed by atoms with Gasteiger partial charge in [-0.3, -0.25) is 15.0 Å². The Morgan fingerprint density at radius 1 is 0.974 bits per heavy atom. The van der Waals surface area contributed by atoms with Crippen LogP contribution in [0.25, 0.3) is 0 Å². The van der Waals surface area contributed by atoms with E-state index in [0.29, 0.717) is 61.3 Å². The number of amides is 1. The minimum absolute atomic E-state index is 0.00657. The van der Waals surface area contributed by atoms with Crippen molar-refractivity contribution in [1.82, 2.24) is 9.80 Å². The van der Waals surface area contributed by atoms with Gasteiger partial charge in [-0.2, -0.15) is 0 Å². The molecule has 0 saturated carbocycles. The topological polar surface area (TPSA) is 116 Å². The number of piperidine rings is 1. The van der Waals surface area contributed by atoms with Gasteiger partial charge < -0.3 is 33.5 Å². The monoisotopic (exact) mass is 542 g/mol. The number of hydrogen-bond acceptors (Lipinski definition) is 10. The summed E-state index contributed by atoms with van der Waals surface area (Å²) in [5.41, 5.74) is 1.55. The van der Waals surface area contributed by atoms with Gasteiger partial charge in [-0.15, -0.1) is 0 Å². The quantitative estimate of drug-likeness (QED) is 0.361. The second kappa shape index (κ2) is 11.9. The number of likely N-dealkylation sites (tertiary alicyclic amines) is 1. The summed E-state index contributed by atoms with van der Waals surface area (Å²) in [7, 11) is 3.24. The molecule has 0 N–H and O–H groups in total. The van der Waals surface area contributed by atoms with E-state index in [2.05, 4.69) is 9.80 Å². The van der Waals surface area contributed by atoms with Gasteiger partial charge in [0.15, 0.2) is 11.5 Å². The van der Waals surface area contributed by atoms with Gasteiger partial charge in [0.05, 0.1) is 25.2 Å². The van der Waals surface area contributed by atoms with E-state index in [-0.39, 0.29) is 31.2 Å². The molecule has 2 saturated heterocycles. The second-order valence-electron chi connectivity index (χ2n) is 9.83. The van der Waals surface area contributed by atoms with Gasteiger partial charge in [-0.05, 0) is 25.5 Å². The maximum Gasteiger partial charge on any atom is 0.409 e. The first kappa shape index (κ1) is 26.7. The van der Waals surface area contributed by atoms with Crippen LogP contribution in [0.4, 0.5) is 16.2 Å². The van der Waals surface area contributed by atoms with E-state index in [1.165, 1.54) is 6.07 Å². The molecule has 2 aromatic rings. The highest BCUT2D eigenvalue weighted by molar-refractivity contribution is 5.68. The molecule has 0 radical (unpaired) electrons. The molecule has 12 nitrogen and oxygen atoms in total. The third-order valence-corrected chi connectivity index (χ3v) is 7.53. The van der Waals surface area contributed by atoms with Gasteiger partial charge in [0.25, 0.3) is 5.69 Å². The maximum atomic E-state index is 12.9. The molecule has 3 heterocycles. The summed E-state index contributed by atoms with van der Waals surface area (Å²) in [6, 6.07) is 8.85. The number of nitro benzene ring substituents is 1. The molecule has 210 valence electrons. The Labute approximate surface area is 227 Å². The molecule has 1 amide bonds. The van der Waals surface area contributed by atoms with Crippen molar-refractivity contribution < 1.29 is 33.4 Å². The number of ether oxygens (including phenoxy) is 5. The van der Waals surface area contributed by atoms with E-state index in [4.69, 9.17) is 23.7 Å². The molecule has 3 aliphatic rings. The first-order chi connectivity index (χ1) is 18.9. The summed E-state index contributed by atoms with van der Waals surface area (Å²) in [4.78, 5) is 30.3. The normalized spacial score (nSPS) is 19.1. The smallest absolute Gasteiger partial charge is 0.409 e. The Balaban J connectivity index is 1.17. The van der Waals surface area contributed by atoms with Crippen LogP contribution in [0.1, 0.15) is 24.8 Å². The van der Waals surface area contributed by atoms with E-state index in [1.54, 1.807) is 25.2 Å². The molecule has 5 rings (SSSR count). The fraction of sp³-hybridized carbons (Fsp3) is 0.519. The van der Waals surface area contributed by atoms with E-state index in [9.17, 15) is 14.9 Å². The van der Waals surface area contributed by atoms with E-state index < -0.39 is 4.92 Å². The van der Waals surface area contributed by atoms with Crippen LogP contribution in [0.15, 0.2) is 30.3 Å². The molecular weight excluding hydrogens is 508 g/mol. The number of nitro groups is 1. The number of carbonyl (C=O) groups is 1. The Hall–Kier alpha value is -3.93. The van der Waals surface area contributed by atoms with Crippen LogP contribution in [0.2, 0.25) is 0 Å². The second-order valence-corrected chi connectivity index (χ2v) is 9.83. The molecule has 12 heteroatoms. The van der Waals surface area contributed by atoms with Crippen molar-refractivity contribution in [3.05, 3.63) is 46.0 Å². The van der Waals surface area contributed by atoms with Gasteiger partial charge in [-0.1, -0.05) is 6.42 Å². The summed E-state index contributed by atoms with van der Waals surface area (Å²) >= 11 is 0. The molecule has 0 bridgehead atoms. The number of piperazine rings is 1. The molecule has 0 spiro atoms. The maximum absolute atomic E-state index is 12.9. The van der Waals surface area contributed by atoms with Crippen molar-refractivity contribution in [2.45, 2.75) is 31.8 Å². The zero-order valence-electron chi connectivity index (χ0n) is 22.3. The molecule has 2 fully saturated rings. The van der Waals surface area contributed by atoms with Gasteiger partial charge in [0, 0.05) is 68.2 Å². The third-order valence-electron chi connectivity index (χ3n) is 7.53. The average molecular weight is 543 g/mol. The SMILES string of the molecule is COc1cc(OC)cc(N2CCN(C(=O)OCC3CCCCN3Cc3cc4c(cc3[N+](=O)[O-])OCO4)CC2)c1. The molecule has 39 heavy (non-hydrogen) atoms. The number of methoxy groups -OCH3 is 2. The van der Waals surface area contributed by atoms with Crippen LogP contribution in [0, 0.1) is 10.1 Å². The van der Waals surface area contributed by atoms with Crippen molar-refractivity contribution in [3.63, 3.8) is 0 Å². The van der Waals surface area contributed by atoms with Gasteiger partial charge in [0.1, 0.15) is 18.1 Å². The largest absolute Gasteiger partial charge is 0.497 e. The van der Waals surface area contributed by atoms with Crippen LogP contribution >= 0.6 is 0 Å². The predicted molar refractivity (Wildman–Crippen MR) is 142 cm³/mol. The number of carbonyl (C=O) groups excluding carboxylic acids is 1. The molecule has 1 atom stereocenters. The van der Waals surface area contributed by atoms with Gasteiger partial charge >= 0.3 is 6.09 Å². The summed E-state index contributed by atoms with van der Waals surface area (Å²) in [6.45, 7) is 3.84. The molecule has 0 aliphatic carbocycles. The lowest BCUT2D eigenvalue weighted by Gasteiger charge is -2.37. The lowest BCUT2D eigenvalue weighted by molar-refractivity contribution is -0.385. The first-order valence-electron chi connectivity index (χ1n) is 13.2. The van der Waals surface area contributed by atoms with E-state index in [1.807, 2.05) is 18.2 Å². The fourth-order valence-electron chi connectivity index (χ4n) is 5.33. The summed E-state index contributed by atoms with van der Waals surface area (Å²) in [5.74, 6) is 2.34. The lowest BCUT2D eigenvalue weighted by atomic mass is 10.0. The van der Waals surface area contributed by atoms with Crippen molar-refractivity contribution in [1.29, 1.82) is 0 Å². The lowest BCUT2D eigenvalue weighted by Crippen LogP contribution is -2.50. The Morgan fingerprint density at radius 3 is 2.33 bits per heavy atom. The number of rotatable bonds is 8. The highest BCUT2D eigenvalue weighted by Gasteiger charge is 2.30. The van der Waals surface area contributed by atoms with Crippen LogP contribution < -0.4 is 23.8 Å². The standard InChI is InChI=1S/C27H34N4O8/c1-35-22-12-21(13-23(14-22)36-2)28-7-9-29(10-8-28)27(32)37-17-20-5-3-4-6-30(20)16-19-11-25-26(39-18-38-25)15-24(19)31(33)34/h11-15,20H,3-10,16-18H2,1-2H3. The third kappa shape index (κ3) is 6.06. The van der Waals surface area contributed by atoms with Crippen LogP contribution in [-0.2, 0) is 11.3 Å². The molecule has 3 aliphatic heterocycles. The molecular formula is C27H34N4O8. The molecule has 2 aromatic carbocycles. The highest BCUT2D eigenvalue weighted by Crippen LogP contribution is 2.39. The van der Waals surface area contributed by atoms with E-state index >= 15 is 0 Å². The van der Waals surface area contributed by atoms with Crippen molar-refractivity contribution in [3.8, 4) is 23.0 Å². The Morgan fingerprint density at radius 2 is 1.67 bits per heavy atom. The van der Waals surface area contributed by atoms with Gasteiger partial charge in [0.2, 0.25) is 6.79 Å². The van der Waals surface area contributed by atoms with Crippen LogP contribution in [-0.4, -0.2) is 87.2 Å². The van der Waals surface area contributed by atoms with Gasteiger partial charge in [-0.25, -0.2) is 4.79 Å². The zero-order chi connectivity index (χ0) is 27.4. The Kier molecular flexibility index (Phi) is 8.10. The summed E-state index contributed by atoms with van der Waals surface area (Å²) in [6.07, 6.45) is 2.53. The number of anilines is 1. The predicted octanol–water partition coefficient (Wildman–Crippen LogP) is 3.65. The first-order valence-corrected chi connectivity index (χ1v) is 13.2. The van der Waals surface area contributed by atoms with E-state index in [0.717, 1.165) is 31.5 Å². The highest BCUT2D eigenvalue weighted by atomic mass is 16.7. The van der Waals surface area contributed by atoms with Crippen molar-refractivity contribution in [2.24, 2.45) is 0 Å². The molecule has 1 unspecified atom stereocenters. The fourth-order valence-corrected chi connectivity index (χ4v) is 5.33. The van der Waals surface area contributed by atoms with Crippen LogP contribution in [0.5, 0.6) is 23.0 Å². The molecule has 0 aromatic heterocycles. The number of benzene rings is 2. The Bertz CT molecular complexity index is 1180. The number of fused-ring (bicyclic) bond motifs is 1. The summed E-state index contributed by atoms with van der Waals surface area (Å²) in [5, 5.41) is 11.7. The van der Waals surface area contributed by atoms with Crippen molar-refractivity contribution >= 4 is 17.5 Å².